The molecule has 3 rings (SSSR count). The lowest BCUT2D eigenvalue weighted by atomic mass is 10.0. The van der Waals surface area contributed by atoms with Gasteiger partial charge in [-0.25, -0.2) is 0 Å². The van der Waals surface area contributed by atoms with E-state index in [1.165, 1.54) is 0 Å². The number of nitrogens with zero attached hydrogens (tertiary/aromatic N) is 3. The highest BCUT2D eigenvalue weighted by molar-refractivity contribution is 6.13. The molecule has 5 heteroatoms. The van der Waals surface area contributed by atoms with E-state index in [0.717, 1.165) is 35.8 Å². The molecule has 0 aromatic carbocycles. The predicted molar refractivity (Wildman–Crippen MR) is 62.0 cm³/mol. The summed E-state index contributed by atoms with van der Waals surface area (Å²) < 4.78 is 0. The molecule has 82 valence electrons. The van der Waals surface area contributed by atoms with Crippen LogP contribution in [-0.4, -0.2) is 25.1 Å². The number of nitrogens with one attached hydrogen (secondary N) is 2. The zero-order chi connectivity index (χ0) is 11.0. The molecular weight excluding hydrogens is 202 g/mol. The van der Waals surface area contributed by atoms with E-state index in [9.17, 15) is 0 Å². The summed E-state index contributed by atoms with van der Waals surface area (Å²) in [7, 11) is 0. The summed E-state index contributed by atoms with van der Waals surface area (Å²) in [5.74, 6) is 0. The van der Waals surface area contributed by atoms with Crippen LogP contribution in [0.2, 0.25) is 0 Å². The van der Waals surface area contributed by atoms with E-state index < -0.39 is 0 Å². The van der Waals surface area contributed by atoms with Crippen molar-refractivity contribution in [3.8, 4) is 0 Å². The first-order chi connectivity index (χ1) is 7.84. The highest BCUT2D eigenvalue weighted by Crippen LogP contribution is 2.29. The van der Waals surface area contributed by atoms with E-state index in [2.05, 4.69) is 25.9 Å². The van der Waals surface area contributed by atoms with E-state index in [0.29, 0.717) is 0 Å². The Labute approximate surface area is 93.7 Å². The van der Waals surface area contributed by atoms with Crippen LogP contribution in [0.5, 0.6) is 0 Å². The van der Waals surface area contributed by atoms with Gasteiger partial charge in [0.05, 0.1) is 22.7 Å². The molecule has 0 atom stereocenters. The van der Waals surface area contributed by atoms with E-state index in [1.807, 2.05) is 25.2 Å². The smallest absolute Gasteiger partial charge is 0.154 e. The normalized spacial score (nSPS) is 26.8. The van der Waals surface area contributed by atoms with Gasteiger partial charge in [-0.05, 0) is 19.1 Å². The first kappa shape index (κ1) is 9.62. The predicted octanol–water partition coefficient (Wildman–Crippen LogP) is 1.10. The number of rotatable bonds is 1. The molecule has 0 unspecified atom stereocenters. The summed E-state index contributed by atoms with van der Waals surface area (Å²) in [5, 5.41) is 14.7. The lowest BCUT2D eigenvalue weighted by molar-refractivity contribution is 0.581. The first-order valence-corrected chi connectivity index (χ1v) is 5.41. The number of hydrogen-bond acceptors (Lipinski definition) is 5. The van der Waals surface area contributed by atoms with Gasteiger partial charge in [0.1, 0.15) is 0 Å². The monoisotopic (exact) mass is 215 g/mol. The molecule has 0 amide bonds. The minimum Gasteiger partial charge on any atom is -0.282 e. The molecule has 0 aromatic rings. The highest BCUT2D eigenvalue weighted by atomic mass is 15.3. The second-order valence-corrected chi connectivity index (χ2v) is 3.90. The Morgan fingerprint density at radius 3 is 2.94 bits per heavy atom. The summed E-state index contributed by atoms with van der Waals surface area (Å²) in [6.07, 6.45) is 5.94. The van der Waals surface area contributed by atoms with Gasteiger partial charge < -0.3 is 0 Å². The van der Waals surface area contributed by atoms with Crippen molar-refractivity contribution in [2.45, 2.75) is 13.2 Å². The molecule has 0 saturated carbocycles. The molecule has 16 heavy (non-hydrogen) atoms. The van der Waals surface area contributed by atoms with Crippen LogP contribution in [-0.2, 0) is 0 Å². The van der Waals surface area contributed by atoms with Crippen molar-refractivity contribution in [3.63, 3.8) is 0 Å². The Balaban J connectivity index is 1.94. The fourth-order valence-electron chi connectivity index (χ4n) is 1.99. The van der Waals surface area contributed by atoms with E-state index in [1.54, 1.807) is 0 Å². The van der Waals surface area contributed by atoms with Crippen LogP contribution < -0.4 is 10.6 Å². The lowest BCUT2D eigenvalue weighted by Crippen LogP contribution is -2.30. The van der Waals surface area contributed by atoms with Crippen molar-refractivity contribution in [2.75, 3.05) is 13.1 Å². The summed E-state index contributed by atoms with van der Waals surface area (Å²) in [6.45, 7) is 3.88. The van der Waals surface area contributed by atoms with Gasteiger partial charge in [-0.3, -0.25) is 15.6 Å². The van der Waals surface area contributed by atoms with Crippen LogP contribution in [0.4, 0.5) is 0 Å². The third kappa shape index (κ3) is 1.54. The third-order valence-electron chi connectivity index (χ3n) is 2.76. The maximum Gasteiger partial charge on any atom is 0.154 e. The van der Waals surface area contributed by atoms with Crippen LogP contribution in [0, 0.1) is 0 Å². The van der Waals surface area contributed by atoms with Crippen LogP contribution in [0.1, 0.15) is 6.92 Å². The SMILES string of the molecule is CC1=C2C(=CC=CC2=NC2NCCN2)N=N1. The highest BCUT2D eigenvalue weighted by Gasteiger charge is 2.22. The van der Waals surface area contributed by atoms with Crippen molar-refractivity contribution >= 4 is 5.71 Å². The second-order valence-electron chi connectivity index (χ2n) is 3.90. The zero-order valence-electron chi connectivity index (χ0n) is 9.07. The van der Waals surface area contributed by atoms with Gasteiger partial charge in [0, 0.05) is 13.1 Å². The first-order valence-electron chi connectivity index (χ1n) is 5.41. The van der Waals surface area contributed by atoms with Crippen LogP contribution in [0.25, 0.3) is 0 Å². The van der Waals surface area contributed by atoms with Gasteiger partial charge in [-0.1, -0.05) is 6.08 Å². The molecule has 1 saturated heterocycles. The summed E-state index contributed by atoms with van der Waals surface area (Å²) >= 11 is 0. The lowest BCUT2D eigenvalue weighted by Gasteiger charge is -2.11. The quantitative estimate of drug-likeness (QED) is 0.688. The summed E-state index contributed by atoms with van der Waals surface area (Å²) in [4.78, 5) is 4.62. The van der Waals surface area contributed by atoms with Gasteiger partial charge in [0.15, 0.2) is 6.29 Å². The zero-order valence-corrected chi connectivity index (χ0v) is 9.07. The van der Waals surface area contributed by atoms with Crippen molar-refractivity contribution in [2.24, 2.45) is 15.2 Å². The van der Waals surface area contributed by atoms with Gasteiger partial charge >= 0.3 is 0 Å². The number of allylic oxidation sites excluding steroid dienone is 5. The summed E-state index contributed by atoms with van der Waals surface area (Å²) in [5.41, 5.74) is 3.86. The Morgan fingerprint density at radius 2 is 2.12 bits per heavy atom. The van der Waals surface area contributed by atoms with Crippen molar-refractivity contribution in [3.05, 3.63) is 35.2 Å². The van der Waals surface area contributed by atoms with E-state index in [-0.39, 0.29) is 6.29 Å². The average Bonchev–Trinajstić information content (AvgIpc) is 2.90. The molecule has 5 nitrogen and oxygen atoms in total. The fourth-order valence-corrected chi connectivity index (χ4v) is 1.99. The third-order valence-corrected chi connectivity index (χ3v) is 2.76. The minimum absolute atomic E-state index is 0.0138. The van der Waals surface area contributed by atoms with Gasteiger partial charge in [-0.15, -0.1) is 0 Å². The molecule has 1 aliphatic carbocycles. The molecule has 2 heterocycles. The largest absolute Gasteiger partial charge is 0.282 e. The molecule has 0 bridgehead atoms. The second kappa shape index (κ2) is 3.77. The van der Waals surface area contributed by atoms with Crippen molar-refractivity contribution in [1.29, 1.82) is 0 Å². The van der Waals surface area contributed by atoms with Crippen LogP contribution >= 0.6 is 0 Å². The van der Waals surface area contributed by atoms with E-state index >= 15 is 0 Å². The Kier molecular flexibility index (Phi) is 2.27. The molecule has 1 fully saturated rings. The number of hydrogen-bond donors (Lipinski definition) is 2. The molecular formula is C11H13N5. The Morgan fingerprint density at radius 1 is 1.31 bits per heavy atom. The topological polar surface area (TPSA) is 61.1 Å². The molecule has 2 N–H and O–H groups in total. The van der Waals surface area contributed by atoms with Crippen LogP contribution in [0.15, 0.2) is 50.4 Å². The van der Waals surface area contributed by atoms with Gasteiger partial charge in [0.25, 0.3) is 0 Å². The standard InChI is InChI=1S/C11H13N5/c1-7-10-8(14-11-12-5-6-13-11)3-2-4-9(10)16-15-7/h2-4,11-13H,5-6H2,1H3. The number of azo groups is 1. The maximum absolute atomic E-state index is 4.62. The molecule has 0 spiro atoms. The number of aliphatic imine (C=N–C) groups is 1. The van der Waals surface area contributed by atoms with E-state index in [4.69, 9.17) is 0 Å². The average molecular weight is 215 g/mol. The Hall–Kier alpha value is -1.59. The summed E-state index contributed by atoms with van der Waals surface area (Å²) in [6, 6.07) is 0. The fraction of sp³-hybridized carbons (Fsp3) is 0.364. The molecule has 0 radical (unpaired) electrons. The van der Waals surface area contributed by atoms with Gasteiger partial charge in [-0.2, -0.15) is 10.2 Å². The molecule has 0 aromatic heterocycles. The molecule has 2 aliphatic heterocycles. The van der Waals surface area contributed by atoms with Crippen LogP contribution in [0.3, 0.4) is 0 Å². The number of fused-ring (bicyclic) bond motifs is 1. The van der Waals surface area contributed by atoms with Crippen molar-refractivity contribution < 1.29 is 0 Å². The molecule has 3 aliphatic rings. The van der Waals surface area contributed by atoms with Crippen molar-refractivity contribution in [1.82, 2.24) is 10.6 Å². The minimum atomic E-state index is 0.0138. The Bertz CT molecular complexity index is 461. The maximum atomic E-state index is 4.62. The van der Waals surface area contributed by atoms with Gasteiger partial charge in [0.2, 0.25) is 0 Å².